The molecule has 2 aromatic carbocycles. The molecule has 0 aliphatic rings. The predicted octanol–water partition coefficient (Wildman–Crippen LogP) is 4.68. The van der Waals surface area contributed by atoms with E-state index in [-0.39, 0.29) is 0 Å². The maximum atomic E-state index is 5.76. The zero-order valence-electron chi connectivity index (χ0n) is 12.3. The second kappa shape index (κ2) is 6.29. The lowest BCUT2D eigenvalue weighted by Crippen LogP contribution is -1.85. The summed E-state index contributed by atoms with van der Waals surface area (Å²) in [5.74, 6) is 2.37. The number of halogens is 1. The van der Waals surface area contributed by atoms with Gasteiger partial charge in [0, 0.05) is 11.8 Å². The minimum atomic E-state index is 0.350. The number of benzene rings is 2. The largest absolute Gasteiger partial charge is 0.457 e. The maximum Gasteiger partial charge on any atom is 0.279 e. The van der Waals surface area contributed by atoms with Crippen molar-refractivity contribution in [1.82, 2.24) is 20.3 Å². The molecule has 0 bridgehead atoms. The topological polar surface area (TPSA) is 76.8 Å². The van der Waals surface area contributed by atoms with E-state index in [0.717, 1.165) is 21.5 Å². The van der Waals surface area contributed by atoms with Gasteiger partial charge in [0.2, 0.25) is 5.82 Å². The van der Waals surface area contributed by atoms with Gasteiger partial charge in [-0.3, -0.25) is 5.10 Å². The highest BCUT2D eigenvalue weighted by atomic mass is 79.9. The van der Waals surface area contributed by atoms with Crippen LogP contribution in [0, 0.1) is 0 Å². The summed E-state index contributed by atoms with van der Waals surface area (Å²) < 4.78 is 11.8. The zero-order chi connectivity index (χ0) is 16.4. The normalized spacial score (nSPS) is 10.7. The monoisotopic (exact) mass is 382 g/mol. The maximum absolute atomic E-state index is 5.76. The van der Waals surface area contributed by atoms with Crippen molar-refractivity contribution in [3.05, 3.63) is 65.3 Å². The molecular formula is C17H11BrN4O2. The molecule has 0 radical (unpaired) electrons. The minimum absolute atomic E-state index is 0.350. The summed E-state index contributed by atoms with van der Waals surface area (Å²) in [6.45, 7) is 0. The van der Waals surface area contributed by atoms with Crippen molar-refractivity contribution in [3.8, 4) is 34.5 Å². The van der Waals surface area contributed by atoms with E-state index in [1.54, 1.807) is 6.20 Å². The van der Waals surface area contributed by atoms with Gasteiger partial charge in [-0.25, -0.2) is 0 Å². The molecule has 0 saturated carbocycles. The van der Waals surface area contributed by atoms with Crippen molar-refractivity contribution in [1.29, 1.82) is 0 Å². The van der Waals surface area contributed by atoms with Crippen LogP contribution in [0.25, 0.3) is 23.0 Å². The summed E-state index contributed by atoms with van der Waals surface area (Å²) in [6.07, 6.45) is 1.70. The molecule has 0 unspecified atom stereocenters. The molecule has 4 rings (SSSR count). The minimum Gasteiger partial charge on any atom is -0.457 e. The molecule has 0 saturated heterocycles. The van der Waals surface area contributed by atoms with Gasteiger partial charge in [-0.15, -0.1) is 0 Å². The Morgan fingerprint density at radius 1 is 0.958 bits per heavy atom. The molecule has 4 aromatic rings. The predicted molar refractivity (Wildman–Crippen MR) is 91.5 cm³/mol. The Labute approximate surface area is 145 Å². The van der Waals surface area contributed by atoms with E-state index in [0.29, 0.717) is 17.4 Å². The fourth-order valence-electron chi connectivity index (χ4n) is 2.16. The molecule has 6 nitrogen and oxygen atoms in total. The first-order valence-electron chi connectivity index (χ1n) is 7.16. The van der Waals surface area contributed by atoms with Crippen molar-refractivity contribution in [2.24, 2.45) is 0 Å². The Bertz CT molecular complexity index is 948. The van der Waals surface area contributed by atoms with Crippen molar-refractivity contribution < 1.29 is 9.26 Å². The van der Waals surface area contributed by atoms with Crippen LogP contribution in [0.1, 0.15) is 0 Å². The van der Waals surface area contributed by atoms with Crippen LogP contribution in [-0.4, -0.2) is 20.3 Å². The van der Waals surface area contributed by atoms with Gasteiger partial charge >= 0.3 is 0 Å². The number of hydrogen-bond acceptors (Lipinski definition) is 5. The summed E-state index contributed by atoms with van der Waals surface area (Å²) in [6, 6.07) is 17.1. The molecular weight excluding hydrogens is 372 g/mol. The van der Waals surface area contributed by atoms with Crippen LogP contribution in [0.4, 0.5) is 0 Å². The molecule has 2 aromatic heterocycles. The molecule has 24 heavy (non-hydrogen) atoms. The number of H-pyrrole nitrogens is 1. The first kappa shape index (κ1) is 14.6. The Kier molecular flexibility index (Phi) is 3.84. The van der Waals surface area contributed by atoms with E-state index >= 15 is 0 Å². The quantitative estimate of drug-likeness (QED) is 0.554. The van der Waals surface area contributed by atoms with Gasteiger partial charge in [-0.1, -0.05) is 23.4 Å². The van der Waals surface area contributed by atoms with E-state index < -0.39 is 0 Å². The lowest BCUT2D eigenvalue weighted by Gasteiger charge is -2.05. The zero-order valence-corrected chi connectivity index (χ0v) is 13.9. The average Bonchev–Trinajstić information content (AvgIpc) is 3.25. The van der Waals surface area contributed by atoms with Gasteiger partial charge in [-0.2, -0.15) is 10.1 Å². The van der Waals surface area contributed by atoms with Crippen LogP contribution in [0.3, 0.4) is 0 Å². The van der Waals surface area contributed by atoms with E-state index in [1.807, 2.05) is 54.6 Å². The number of nitrogens with one attached hydrogen (secondary N) is 1. The highest BCUT2D eigenvalue weighted by molar-refractivity contribution is 9.10. The van der Waals surface area contributed by atoms with E-state index in [1.165, 1.54) is 0 Å². The molecule has 118 valence electrons. The second-order valence-electron chi connectivity index (χ2n) is 4.94. The number of rotatable bonds is 4. The molecule has 1 N–H and O–H groups in total. The molecule has 0 spiro atoms. The number of hydrogen-bond donors (Lipinski definition) is 1. The Morgan fingerprint density at radius 2 is 1.71 bits per heavy atom. The molecule has 2 heterocycles. The highest BCUT2D eigenvalue weighted by Crippen LogP contribution is 2.28. The van der Waals surface area contributed by atoms with E-state index in [9.17, 15) is 0 Å². The van der Waals surface area contributed by atoms with Crippen molar-refractivity contribution >= 4 is 15.9 Å². The van der Waals surface area contributed by atoms with Crippen LogP contribution >= 0.6 is 15.9 Å². The molecule has 0 aliphatic heterocycles. The summed E-state index contributed by atoms with van der Waals surface area (Å²) >= 11 is 3.37. The van der Waals surface area contributed by atoms with Gasteiger partial charge < -0.3 is 9.26 Å². The lowest BCUT2D eigenvalue weighted by molar-refractivity contribution is 0.430. The Balaban J connectivity index is 1.55. The van der Waals surface area contributed by atoms with E-state index in [2.05, 4.69) is 36.3 Å². The number of ether oxygens (including phenoxy) is 1. The highest BCUT2D eigenvalue weighted by Gasteiger charge is 2.15. The molecule has 0 aliphatic carbocycles. The van der Waals surface area contributed by atoms with Crippen LogP contribution in [0.2, 0.25) is 0 Å². The van der Waals surface area contributed by atoms with Gasteiger partial charge in [0.05, 0.1) is 4.47 Å². The summed E-state index contributed by atoms with van der Waals surface area (Å²) in [4.78, 5) is 4.37. The lowest BCUT2D eigenvalue weighted by atomic mass is 10.2. The molecule has 0 amide bonds. The van der Waals surface area contributed by atoms with Gasteiger partial charge in [0.15, 0.2) is 5.69 Å². The third-order valence-corrected chi connectivity index (χ3v) is 3.92. The number of nitrogens with zero attached hydrogens (tertiary/aromatic N) is 3. The number of aromatic nitrogens is 4. The first-order valence-corrected chi connectivity index (χ1v) is 7.95. The van der Waals surface area contributed by atoms with Crippen molar-refractivity contribution in [2.45, 2.75) is 0 Å². The van der Waals surface area contributed by atoms with Crippen LogP contribution in [-0.2, 0) is 0 Å². The SMILES string of the molecule is Brc1c[nH]nc1-c1nc(-c2ccc(Oc3ccccc3)cc2)no1. The van der Waals surface area contributed by atoms with Gasteiger partial charge in [0.25, 0.3) is 5.89 Å². The Morgan fingerprint density at radius 3 is 2.42 bits per heavy atom. The van der Waals surface area contributed by atoms with Crippen LogP contribution in [0.5, 0.6) is 11.5 Å². The number of para-hydroxylation sites is 1. The summed E-state index contributed by atoms with van der Waals surface area (Å²) in [7, 11) is 0. The molecule has 0 fully saturated rings. The third kappa shape index (κ3) is 2.93. The smallest absolute Gasteiger partial charge is 0.279 e. The van der Waals surface area contributed by atoms with Crippen molar-refractivity contribution in [3.63, 3.8) is 0 Å². The Hall–Kier alpha value is -2.93. The van der Waals surface area contributed by atoms with Gasteiger partial charge in [0.1, 0.15) is 11.5 Å². The molecule has 0 atom stereocenters. The number of aromatic amines is 1. The summed E-state index contributed by atoms with van der Waals surface area (Å²) in [5.41, 5.74) is 1.41. The van der Waals surface area contributed by atoms with Crippen LogP contribution < -0.4 is 4.74 Å². The fourth-order valence-corrected chi connectivity index (χ4v) is 2.52. The summed E-state index contributed by atoms with van der Waals surface area (Å²) in [5, 5.41) is 10.8. The van der Waals surface area contributed by atoms with Crippen LogP contribution in [0.15, 0.2) is 69.8 Å². The van der Waals surface area contributed by atoms with Gasteiger partial charge in [-0.05, 0) is 52.3 Å². The van der Waals surface area contributed by atoms with E-state index in [4.69, 9.17) is 9.26 Å². The molecule has 7 heteroatoms. The second-order valence-corrected chi connectivity index (χ2v) is 5.80. The van der Waals surface area contributed by atoms with Crippen molar-refractivity contribution in [2.75, 3.05) is 0 Å². The standard InChI is InChI=1S/C17H11BrN4O2/c18-14-10-19-21-15(14)17-20-16(22-24-17)11-6-8-13(9-7-11)23-12-4-2-1-3-5-12/h1-10H,(H,19,21). The third-order valence-electron chi connectivity index (χ3n) is 3.31. The average molecular weight is 383 g/mol. The first-order chi connectivity index (χ1) is 11.8. The fraction of sp³-hybridized carbons (Fsp3) is 0.